The van der Waals surface area contributed by atoms with Crippen molar-refractivity contribution in [1.29, 1.82) is 0 Å². The second kappa shape index (κ2) is 5.68. The molecule has 0 aliphatic carbocycles. The third kappa shape index (κ3) is 2.57. The summed E-state index contributed by atoms with van der Waals surface area (Å²) in [6, 6.07) is 8.46. The minimum Gasteiger partial charge on any atom is -0.493 e. The number of fused-ring (bicyclic) bond motifs is 1. The van der Waals surface area contributed by atoms with Crippen molar-refractivity contribution >= 4 is 20.8 Å². The van der Waals surface area contributed by atoms with Crippen LogP contribution in [0, 0.1) is 0 Å². The predicted molar refractivity (Wildman–Crippen MR) is 77.9 cm³/mol. The molecule has 0 saturated carbocycles. The number of ether oxygens (including phenoxy) is 2. The normalized spacial score (nSPS) is 11.6. The molecule has 0 aliphatic rings. The van der Waals surface area contributed by atoms with E-state index in [4.69, 9.17) is 9.47 Å². The molecule has 0 amide bonds. The van der Waals surface area contributed by atoms with E-state index in [-0.39, 0.29) is 4.90 Å². The van der Waals surface area contributed by atoms with Crippen molar-refractivity contribution < 1.29 is 17.9 Å². The van der Waals surface area contributed by atoms with Crippen LogP contribution in [0.25, 0.3) is 10.8 Å². The van der Waals surface area contributed by atoms with Gasteiger partial charge in [0, 0.05) is 11.9 Å². The summed E-state index contributed by atoms with van der Waals surface area (Å²) in [7, 11) is -0.340. The zero-order chi connectivity index (χ0) is 14.8. The molecule has 0 unspecified atom stereocenters. The molecule has 0 saturated heterocycles. The van der Waals surface area contributed by atoms with Crippen LogP contribution in [0.5, 0.6) is 11.5 Å². The molecule has 5 nitrogen and oxygen atoms in total. The molecule has 0 spiro atoms. The second-order valence-electron chi connectivity index (χ2n) is 4.19. The fourth-order valence-electron chi connectivity index (χ4n) is 2.07. The topological polar surface area (TPSA) is 64.6 Å². The van der Waals surface area contributed by atoms with Gasteiger partial charge in [-0.2, -0.15) is 0 Å². The largest absolute Gasteiger partial charge is 0.493 e. The van der Waals surface area contributed by atoms with Crippen molar-refractivity contribution in [2.75, 3.05) is 20.8 Å². The van der Waals surface area contributed by atoms with E-state index in [2.05, 4.69) is 4.72 Å². The summed E-state index contributed by atoms with van der Waals surface area (Å²) in [5.74, 6) is 1.21. The predicted octanol–water partition coefficient (Wildman–Crippen LogP) is 2.16. The summed E-state index contributed by atoms with van der Waals surface area (Å²) >= 11 is 0. The molecular formula is C14H17NO4S. The first-order chi connectivity index (χ1) is 9.53. The van der Waals surface area contributed by atoms with Crippen molar-refractivity contribution in [1.82, 2.24) is 4.72 Å². The zero-order valence-corrected chi connectivity index (χ0v) is 12.5. The Labute approximate surface area is 118 Å². The van der Waals surface area contributed by atoms with Gasteiger partial charge in [0.1, 0.15) is 0 Å². The van der Waals surface area contributed by atoms with Crippen molar-refractivity contribution in [3.05, 3.63) is 30.3 Å². The van der Waals surface area contributed by atoms with Gasteiger partial charge in [-0.3, -0.25) is 0 Å². The van der Waals surface area contributed by atoms with Crippen LogP contribution >= 0.6 is 0 Å². The number of methoxy groups -OCH3 is 2. The lowest BCUT2D eigenvalue weighted by molar-refractivity contribution is 0.358. The third-order valence-electron chi connectivity index (χ3n) is 2.97. The number of benzene rings is 2. The standard InChI is InChI=1S/C14H17NO4S/c1-4-15-20(16,17)11-6-7-12-10(9-11)5-8-13(18-2)14(12)19-3/h5-9,15H,4H2,1-3H3. The molecule has 2 rings (SSSR count). The van der Waals surface area contributed by atoms with E-state index in [9.17, 15) is 8.42 Å². The first-order valence-corrected chi connectivity index (χ1v) is 7.66. The van der Waals surface area contributed by atoms with E-state index in [1.54, 1.807) is 45.4 Å². The van der Waals surface area contributed by atoms with Crippen molar-refractivity contribution in [2.24, 2.45) is 0 Å². The number of sulfonamides is 1. The molecule has 108 valence electrons. The van der Waals surface area contributed by atoms with Crippen LogP contribution in [0.2, 0.25) is 0 Å². The number of hydrogen-bond acceptors (Lipinski definition) is 4. The van der Waals surface area contributed by atoms with Gasteiger partial charge in [-0.1, -0.05) is 13.0 Å². The Morgan fingerprint density at radius 3 is 2.45 bits per heavy atom. The van der Waals surface area contributed by atoms with Crippen molar-refractivity contribution in [3.8, 4) is 11.5 Å². The van der Waals surface area contributed by atoms with Crippen LogP contribution < -0.4 is 14.2 Å². The Hall–Kier alpha value is -1.79. The van der Waals surface area contributed by atoms with Crippen LogP contribution in [0.4, 0.5) is 0 Å². The minimum atomic E-state index is -3.46. The monoisotopic (exact) mass is 295 g/mol. The van der Waals surface area contributed by atoms with E-state index < -0.39 is 10.0 Å². The summed E-state index contributed by atoms with van der Waals surface area (Å²) in [6.07, 6.45) is 0. The highest BCUT2D eigenvalue weighted by atomic mass is 32.2. The minimum absolute atomic E-state index is 0.235. The number of hydrogen-bond donors (Lipinski definition) is 1. The van der Waals surface area contributed by atoms with E-state index in [1.807, 2.05) is 6.07 Å². The van der Waals surface area contributed by atoms with Crippen LogP contribution in [0.15, 0.2) is 35.2 Å². The highest BCUT2D eigenvalue weighted by molar-refractivity contribution is 7.89. The molecule has 2 aromatic carbocycles. The van der Waals surface area contributed by atoms with Crippen molar-refractivity contribution in [2.45, 2.75) is 11.8 Å². The first kappa shape index (κ1) is 14.6. The van der Waals surface area contributed by atoms with Gasteiger partial charge >= 0.3 is 0 Å². The second-order valence-corrected chi connectivity index (χ2v) is 5.95. The molecule has 20 heavy (non-hydrogen) atoms. The first-order valence-electron chi connectivity index (χ1n) is 6.18. The maximum atomic E-state index is 12.0. The Kier molecular flexibility index (Phi) is 4.15. The van der Waals surface area contributed by atoms with Gasteiger partial charge in [0.25, 0.3) is 0 Å². The highest BCUT2D eigenvalue weighted by Crippen LogP contribution is 2.36. The summed E-state index contributed by atoms with van der Waals surface area (Å²) in [6.45, 7) is 2.10. The van der Waals surface area contributed by atoms with E-state index in [0.717, 1.165) is 10.8 Å². The Bertz CT molecular complexity index is 725. The lowest BCUT2D eigenvalue weighted by Crippen LogP contribution is -2.23. The molecule has 0 aromatic heterocycles. The lowest BCUT2D eigenvalue weighted by Gasteiger charge is -2.12. The van der Waals surface area contributed by atoms with Gasteiger partial charge in [0.05, 0.1) is 19.1 Å². The maximum Gasteiger partial charge on any atom is 0.240 e. The quantitative estimate of drug-likeness (QED) is 0.918. The van der Waals surface area contributed by atoms with Crippen LogP contribution in [0.1, 0.15) is 6.92 Å². The van der Waals surface area contributed by atoms with Gasteiger partial charge in [-0.05, 0) is 29.7 Å². The third-order valence-corrected chi connectivity index (χ3v) is 4.52. The Balaban J connectivity index is 2.63. The average molecular weight is 295 g/mol. The molecule has 6 heteroatoms. The van der Waals surface area contributed by atoms with E-state index in [1.165, 1.54) is 0 Å². The molecule has 0 aliphatic heterocycles. The van der Waals surface area contributed by atoms with Crippen LogP contribution in [-0.4, -0.2) is 29.2 Å². The summed E-state index contributed by atoms with van der Waals surface area (Å²) in [5.41, 5.74) is 0. The lowest BCUT2D eigenvalue weighted by atomic mass is 10.1. The van der Waals surface area contributed by atoms with Crippen LogP contribution in [0.3, 0.4) is 0 Å². The Morgan fingerprint density at radius 1 is 1.10 bits per heavy atom. The van der Waals surface area contributed by atoms with Crippen LogP contribution in [-0.2, 0) is 10.0 Å². The molecule has 2 aromatic rings. The van der Waals surface area contributed by atoms with Crippen molar-refractivity contribution in [3.63, 3.8) is 0 Å². The smallest absolute Gasteiger partial charge is 0.240 e. The molecule has 0 radical (unpaired) electrons. The average Bonchev–Trinajstić information content (AvgIpc) is 2.45. The zero-order valence-electron chi connectivity index (χ0n) is 11.6. The fourth-order valence-corrected chi connectivity index (χ4v) is 3.15. The molecule has 0 fully saturated rings. The number of rotatable bonds is 5. The Morgan fingerprint density at radius 2 is 1.85 bits per heavy atom. The fraction of sp³-hybridized carbons (Fsp3) is 0.286. The highest BCUT2D eigenvalue weighted by Gasteiger charge is 2.15. The summed E-state index contributed by atoms with van der Waals surface area (Å²) in [4.78, 5) is 0.235. The summed E-state index contributed by atoms with van der Waals surface area (Å²) < 4.78 is 37.0. The molecule has 1 N–H and O–H groups in total. The summed E-state index contributed by atoms with van der Waals surface area (Å²) in [5, 5.41) is 1.59. The molecule has 0 atom stereocenters. The van der Waals surface area contributed by atoms with Gasteiger partial charge in [0.15, 0.2) is 11.5 Å². The van der Waals surface area contributed by atoms with Gasteiger partial charge < -0.3 is 9.47 Å². The van der Waals surface area contributed by atoms with E-state index >= 15 is 0 Å². The van der Waals surface area contributed by atoms with Gasteiger partial charge in [-0.15, -0.1) is 0 Å². The van der Waals surface area contributed by atoms with E-state index in [0.29, 0.717) is 18.0 Å². The van der Waals surface area contributed by atoms with Gasteiger partial charge in [0.2, 0.25) is 10.0 Å². The molecule has 0 bridgehead atoms. The van der Waals surface area contributed by atoms with Gasteiger partial charge in [-0.25, -0.2) is 13.1 Å². The molecular weight excluding hydrogens is 278 g/mol. The maximum absolute atomic E-state index is 12.0. The number of nitrogens with one attached hydrogen (secondary N) is 1. The SMILES string of the molecule is CCNS(=O)(=O)c1ccc2c(OC)c(OC)ccc2c1. The molecule has 0 heterocycles.